The van der Waals surface area contributed by atoms with E-state index in [1.807, 2.05) is 0 Å². The number of fused-ring (bicyclic) bond motifs is 1. The fourth-order valence-electron chi connectivity index (χ4n) is 2.77. The second kappa shape index (κ2) is 7.79. The van der Waals surface area contributed by atoms with E-state index in [-0.39, 0.29) is 11.5 Å². The van der Waals surface area contributed by atoms with Crippen molar-refractivity contribution in [1.82, 2.24) is 0 Å². The van der Waals surface area contributed by atoms with E-state index in [1.165, 1.54) is 26.4 Å². The number of methoxy groups -OCH3 is 2. The van der Waals surface area contributed by atoms with Crippen LogP contribution in [0, 0.1) is 0 Å². The Morgan fingerprint density at radius 2 is 1.75 bits per heavy atom. The molecule has 8 nitrogen and oxygen atoms in total. The Balaban J connectivity index is 1.83. The molecule has 1 aliphatic heterocycles. The van der Waals surface area contributed by atoms with Gasteiger partial charge in [-0.2, -0.15) is 0 Å². The van der Waals surface area contributed by atoms with E-state index in [9.17, 15) is 15.0 Å². The standard InChI is InChI=1S/C20H21NO7/c1-25-17-9-18(26-2)14(21)7-13(17)3-5-15(24)12-4-6-16-19(8-12)28-20(10-22,11-23)27-16/h3-9,22-23H,10-11,21H2,1-2H3/b5-3+. The van der Waals surface area contributed by atoms with Gasteiger partial charge < -0.3 is 34.9 Å². The highest BCUT2D eigenvalue weighted by molar-refractivity contribution is 6.07. The number of benzene rings is 2. The first-order valence-corrected chi connectivity index (χ1v) is 8.43. The number of nitrogens with two attached hydrogens (primary N) is 1. The molecule has 2 aromatic carbocycles. The third-order valence-corrected chi connectivity index (χ3v) is 4.30. The highest BCUT2D eigenvalue weighted by atomic mass is 16.7. The summed E-state index contributed by atoms with van der Waals surface area (Å²) in [4.78, 5) is 12.5. The zero-order valence-corrected chi connectivity index (χ0v) is 15.5. The van der Waals surface area contributed by atoms with Crippen LogP contribution < -0.4 is 24.7 Å². The number of nitrogen functional groups attached to an aromatic ring is 1. The summed E-state index contributed by atoms with van der Waals surface area (Å²) in [6.45, 7) is -1.06. The van der Waals surface area contributed by atoms with E-state index < -0.39 is 19.0 Å². The number of rotatable bonds is 7. The van der Waals surface area contributed by atoms with E-state index in [2.05, 4.69) is 0 Å². The summed E-state index contributed by atoms with van der Waals surface area (Å²) < 4.78 is 21.4. The first-order valence-electron chi connectivity index (χ1n) is 8.43. The van der Waals surface area contributed by atoms with Crippen LogP contribution in [-0.4, -0.2) is 49.2 Å². The third kappa shape index (κ3) is 3.60. The lowest BCUT2D eigenvalue weighted by Crippen LogP contribution is -2.46. The van der Waals surface area contributed by atoms with Crippen molar-refractivity contribution in [1.29, 1.82) is 0 Å². The second-order valence-corrected chi connectivity index (χ2v) is 6.13. The zero-order chi connectivity index (χ0) is 20.3. The van der Waals surface area contributed by atoms with Crippen molar-refractivity contribution >= 4 is 17.5 Å². The molecule has 0 atom stereocenters. The van der Waals surface area contributed by atoms with E-state index >= 15 is 0 Å². The molecule has 0 amide bonds. The van der Waals surface area contributed by atoms with Gasteiger partial charge in [-0.3, -0.25) is 4.79 Å². The van der Waals surface area contributed by atoms with Crippen molar-refractivity contribution in [2.75, 3.05) is 33.2 Å². The number of aliphatic hydroxyl groups excluding tert-OH is 2. The molecule has 0 aliphatic carbocycles. The van der Waals surface area contributed by atoms with E-state index in [0.717, 1.165) is 0 Å². The Hall–Kier alpha value is -3.23. The largest absolute Gasteiger partial charge is 0.496 e. The maximum Gasteiger partial charge on any atom is 0.297 e. The zero-order valence-electron chi connectivity index (χ0n) is 15.5. The molecule has 148 valence electrons. The molecule has 1 heterocycles. The maximum absolute atomic E-state index is 12.5. The monoisotopic (exact) mass is 387 g/mol. The number of allylic oxidation sites excluding steroid dienone is 1. The molecule has 0 unspecified atom stereocenters. The van der Waals surface area contributed by atoms with Gasteiger partial charge in [-0.05, 0) is 36.4 Å². The first kappa shape index (κ1) is 19.5. The van der Waals surface area contributed by atoms with Gasteiger partial charge >= 0.3 is 0 Å². The molecule has 0 fully saturated rings. The summed E-state index contributed by atoms with van der Waals surface area (Å²) >= 11 is 0. The minimum Gasteiger partial charge on any atom is -0.496 e. The van der Waals surface area contributed by atoms with Gasteiger partial charge in [0, 0.05) is 17.2 Å². The van der Waals surface area contributed by atoms with Crippen LogP contribution in [0.4, 0.5) is 5.69 Å². The normalized spacial score (nSPS) is 14.3. The predicted octanol–water partition coefficient (Wildman–Crippen LogP) is 1.63. The van der Waals surface area contributed by atoms with Crippen molar-refractivity contribution in [3.8, 4) is 23.0 Å². The van der Waals surface area contributed by atoms with Crippen LogP contribution in [0.5, 0.6) is 23.0 Å². The van der Waals surface area contributed by atoms with Crippen LogP contribution in [0.15, 0.2) is 36.4 Å². The Labute approximate surface area is 161 Å². The van der Waals surface area contributed by atoms with Gasteiger partial charge in [-0.15, -0.1) is 0 Å². The van der Waals surface area contributed by atoms with Crippen LogP contribution in [0.1, 0.15) is 15.9 Å². The molecule has 2 aromatic rings. The third-order valence-electron chi connectivity index (χ3n) is 4.30. The number of hydrogen-bond acceptors (Lipinski definition) is 8. The van der Waals surface area contributed by atoms with Crippen LogP contribution in [0.2, 0.25) is 0 Å². The number of anilines is 1. The SMILES string of the molecule is COc1cc(OC)c(/C=C/C(=O)c2ccc3c(c2)OC(CO)(CO)O3)cc1N. The lowest BCUT2D eigenvalue weighted by Gasteiger charge is -2.22. The number of ether oxygens (including phenoxy) is 4. The average molecular weight is 387 g/mol. The number of aliphatic hydroxyl groups is 2. The van der Waals surface area contributed by atoms with Crippen LogP contribution >= 0.6 is 0 Å². The van der Waals surface area contributed by atoms with Crippen molar-refractivity contribution in [2.45, 2.75) is 5.79 Å². The summed E-state index contributed by atoms with van der Waals surface area (Å²) in [5, 5.41) is 18.7. The molecule has 28 heavy (non-hydrogen) atoms. The van der Waals surface area contributed by atoms with Gasteiger partial charge in [0.05, 0.1) is 19.9 Å². The molecule has 4 N–H and O–H groups in total. The number of carbonyl (C=O) groups excluding carboxylic acids is 1. The van der Waals surface area contributed by atoms with Crippen molar-refractivity contribution in [3.05, 3.63) is 47.5 Å². The minimum atomic E-state index is -1.53. The minimum absolute atomic E-state index is 0.272. The molecule has 3 rings (SSSR count). The molecule has 1 aliphatic rings. The van der Waals surface area contributed by atoms with Crippen LogP contribution in [-0.2, 0) is 0 Å². The Bertz CT molecular complexity index is 919. The fraction of sp³-hybridized carbons (Fsp3) is 0.250. The van der Waals surface area contributed by atoms with Gasteiger partial charge in [0.2, 0.25) is 0 Å². The smallest absolute Gasteiger partial charge is 0.297 e. The van der Waals surface area contributed by atoms with Gasteiger partial charge in [-0.25, -0.2) is 0 Å². The molecular formula is C20H21NO7. The molecule has 0 bridgehead atoms. The van der Waals surface area contributed by atoms with Crippen LogP contribution in [0.25, 0.3) is 6.08 Å². The highest BCUT2D eigenvalue weighted by Gasteiger charge is 2.40. The van der Waals surface area contributed by atoms with Gasteiger partial charge in [0.1, 0.15) is 24.7 Å². The summed E-state index contributed by atoms with van der Waals surface area (Å²) in [5.41, 5.74) is 7.31. The quantitative estimate of drug-likeness (QED) is 0.372. The van der Waals surface area contributed by atoms with E-state index in [0.29, 0.717) is 34.1 Å². The summed E-state index contributed by atoms with van der Waals surface area (Å²) in [6, 6.07) is 7.91. The van der Waals surface area contributed by atoms with E-state index in [4.69, 9.17) is 24.7 Å². The molecule has 0 radical (unpaired) electrons. The Morgan fingerprint density at radius 3 is 2.39 bits per heavy atom. The van der Waals surface area contributed by atoms with E-state index in [1.54, 1.807) is 30.3 Å². The molecule has 0 saturated heterocycles. The topological polar surface area (TPSA) is 120 Å². The second-order valence-electron chi connectivity index (χ2n) is 6.13. The number of carbonyl (C=O) groups is 1. The molecule has 8 heteroatoms. The first-order chi connectivity index (χ1) is 13.4. The van der Waals surface area contributed by atoms with Crippen LogP contribution in [0.3, 0.4) is 0 Å². The average Bonchev–Trinajstić information content (AvgIpc) is 3.10. The maximum atomic E-state index is 12.5. The lowest BCUT2D eigenvalue weighted by molar-refractivity contribution is -0.143. The molecule has 0 saturated carbocycles. The molecular weight excluding hydrogens is 366 g/mol. The van der Waals surface area contributed by atoms with Gasteiger partial charge in [-0.1, -0.05) is 0 Å². The molecule has 0 aromatic heterocycles. The number of ketones is 1. The van der Waals surface area contributed by atoms with Gasteiger partial charge in [0.15, 0.2) is 17.3 Å². The lowest BCUT2D eigenvalue weighted by atomic mass is 10.1. The van der Waals surface area contributed by atoms with Crippen molar-refractivity contribution < 1.29 is 34.0 Å². The van der Waals surface area contributed by atoms with Gasteiger partial charge in [0.25, 0.3) is 5.79 Å². The molecule has 0 spiro atoms. The van der Waals surface area contributed by atoms with Crippen molar-refractivity contribution in [2.24, 2.45) is 0 Å². The Kier molecular flexibility index (Phi) is 5.43. The Morgan fingerprint density at radius 1 is 1.07 bits per heavy atom. The summed E-state index contributed by atoms with van der Waals surface area (Å²) in [6.07, 6.45) is 2.97. The highest BCUT2D eigenvalue weighted by Crippen LogP contribution is 2.40. The summed E-state index contributed by atoms with van der Waals surface area (Å²) in [5.74, 6) is -0.215. The number of hydrogen-bond donors (Lipinski definition) is 3. The fourth-order valence-corrected chi connectivity index (χ4v) is 2.77. The van der Waals surface area contributed by atoms with Crippen molar-refractivity contribution in [3.63, 3.8) is 0 Å². The summed E-state index contributed by atoms with van der Waals surface area (Å²) in [7, 11) is 3.02. The predicted molar refractivity (Wildman–Crippen MR) is 102 cm³/mol.